The van der Waals surface area contributed by atoms with Gasteiger partial charge in [-0.05, 0) is 42.2 Å². The molecule has 0 saturated carbocycles. The molecule has 0 aromatic heterocycles. The molecule has 2 aromatic rings. The van der Waals surface area contributed by atoms with Gasteiger partial charge in [0, 0.05) is 11.1 Å². The van der Waals surface area contributed by atoms with Gasteiger partial charge in [-0.15, -0.1) is 11.6 Å². The van der Waals surface area contributed by atoms with Crippen molar-refractivity contribution in [2.45, 2.75) is 30.7 Å². The van der Waals surface area contributed by atoms with Crippen molar-refractivity contribution in [3.63, 3.8) is 0 Å². The number of hydrogen-bond donors (Lipinski definition) is 0. The topological polar surface area (TPSA) is 9.23 Å². The van der Waals surface area contributed by atoms with Gasteiger partial charge in [-0.1, -0.05) is 46.3 Å². The Morgan fingerprint density at radius 3 is 2.63 bits per heavy atom. The van der Waals surface area contributed by atoms with E-state index in [-0.39, 0.29) is 11.0 Å². The summed E-state index contributed by atoms with van der Waals surface area (Å²) in [7, 11) is 0. The highest BCUT2D eigenvalue weighted by molar-refractivity contribution is 9.10. The highest BCUT2D eigenvalue weighted by Gasteiger charge is 2.38. The molecule has 0 aliphatic carbocycles. The van der Waals surface area contributed by atoms with Gasteiger partial charge in [-0.3, -0.25) is 0 Å². The second-order valence-corrected chi connectivity index (χ2v) is 6.60. The zero-order valence-electron chi connectivity index (χ0n) is 10.8. The summed E-state index contributed by atoms with van der Waals surface area (Å²) in [6, 6.07) is 12.5. The van der Waals surface area contributed by atoms with Gasteiger partial charge in [-0.25, -0.2) is 0 Å². The normalized spacial score (nSPS) is 24.8. The van der Waals surface area contributed by atoms with Gasteiger partial charge < -0.3 is 4.74 Å². The molecule has 3 rings (SSSR count). The maximum Gasteiger partial charge on any atom is 0.0878 e. The molecule has 0 N–H and O–H groups in total. The van der Waals surface area contributed by atoms with Crippen molar-refractivity contribution in [1.82, 2.24) is 0 Å². The fourth-order valence-corrected chi connectivity index (χ4v) is 3.68. The van der Waals surface area contributed by atoms with E-state index in [9.17, 15) is 0 Å². The predicted octanol–water partition coefficient (Wildman–Crippen LogP) is 5.45. The lowest BCUT2D eigenvalue weighted by Crippen LogP contribution is -2.28. The lowest BCUT2D eigenvalue weighted by atomic mass is 9.90. The van der Waals surface area contributed by atoms with Crippen molar-refractivity contribution < 1.29 is 4.74 Å². The second kappa shape index (κ2) is 5.08. The molecule has 1 aliphatic rings. The quantitative estimate of drug-likeness (QED) is 0.661. The summed E-state index contributed by atoms with van der Waals surface area (Å²) in [6.45, 7) is 2.93. The van der Waals surface area contributed by atoms with E-state index in [1.807, 2.05) is 6.07 Å². The third-order valence-electron chi connectivity index (χ3n) is 3.96. The Balaban J connectivity index is 2.12. The molecule has 1 fully saturated rings. The molecule has 1 nitrogen and oxygen atoms in total. The molecular weight excluding hydrogens is 324 g/mol. The SMILES string of the molecule is CC1(C(Cl)c2ccc(Br)c3ccccc23)CCCO1. The number of halogens is 2. The molecule has 0 spiro atoms. The third-order valence-corrected chi connectivity index (χ3v) is 5.35. The molecule has 2 unspecified atom stereocenters. The molecular formula is C16H16BrClO. The minimum absolute atomic E-state index is 0.118. The second-order valence-electron chi connectivity index (χ2n) is 5.31. The highest BCUT2D eigenvalue weighted by Crippen LogP contribution is 2.44. The van der Waals surface area contributed by atoms with Crippen LogP contribution in [-0.4, -0.2) is 12.2 Å². The molecule has 1 heterocycles. The van der Waals surface area contributed by atoms with Crippen molar-refractivity contribution in [2.75, 3.05) is 6.61 Å². The van der Waals surface area contributed by atoms with Crippen molar-refractivity contribution in [3.05, 3.63) is 46.4 Å². The first-order valence-corrected chi connectivity index (χ1v) is 7.80. The Morgan fingerprint density at radius 2 is 1.95 bits per heavy atom. The molecule has 0 bridgehead atoms. The Kier molecular flexibility index (Phi) is 3.59. The average molecular weight is 340 g/mol. The Hall–Kier alpha value is -0.570. The van der Waals surface area contributed by atoms with Crippen LogP contribution < -0.4 is 0 Å². The number of alkyl halides is 1. The van der Waals surface area contributed by atoms with Gasteiger partial charge in [-0.2, -0.15) is 0 Å². The Morgan fingerprint density at radius 1 is 1.21 bits per heavy atom. The van der Waals surface area contributed by atoms with Crippen molar-refractivity contribution >= 4 is 38.3 Å². The molecule has 0 amide bonds. The molecule has 1 saturated heterocycles. The van der Waals surface area contributed by atoms with Gasteiger partial charge in [0.1, 0.15) is 0 Å². The largest absolute Gasteiger partial charge is 0.373 e. The zero-order chi connectivity index (χ0) is 13.5. The van der Waals surface area contributed by atoms with Crippen molar-refractivity contribution in [3.8, 4) is 0 Å². The molecule has 100 valence electrons. The van der Waals surface area contributed by atoms with Crippen LogP contribution >= 0.6 is 27.5 Å². The van der Waals surface area contributed by atoms with Gasteiger partial charge in [0.05, 0.1) is 11.0 Å². The summed E-state index contributed by atoms with van der Waals surface area (Å²) in [5.74, 6) is 0. The molecule has 2 aromatic carbocycles. The summed E-state index contributed by atoms with van der Waals surface area (Å²) < 4.78 is 7.00. The number of hydrogen-bond acceptors (Lipinski definition) is 1. The Bertz CT molecular complexity index is 605. The van der Waals surface area contributed by atoms with E-state index in [1.54, 1.807) is 0 Å². The van der Waals surface area contributed by atoms with Crippen LogP contribution in [-0.2, 0) is 4.74 Å². The van der Waals surface area contributed by atoms with Crippen LogP contribution in [0.25, 0.3) is 10.8 Å². The lowest BCUT2D eigenvalue weighted by Gasteiger charge is -2.30. The van der Waals surface area contributed by atoms with E-state index in [1.165, 1.54) is 10.8 Å². The van der Waals surface area contributed by atoms with Crippen molar-refractivity contribution in [2.24, 2.45) is 0 Å². The van der Waals surface area contributed by atoms with Crippen LogP contribution in [0.1, 0.15) is 30.7 Å². The smallest absolute Gasteiger partial charge is 0.0878 e. The van der Waals surface area contributed by atoms with Crippen molar-refractivity contribution in [1.29, 1.82) is 0 Å². The van der Waals surface area contributed by atoms with Crippen LogP contribution in [0, 0.1) is 0 Å². The standard InChI is InChI=1S/C16H16BrClO/c1-16(9-4-10-19-16)15(18)13-7-8-14(17)12-6-3-2-5-11(12)13/h2-3,5-8,15H,4,9-10H2,1H3. The maximum atomic E-state index is 6.74. The highest BCUT2D eigenvalue weighted by atomic mass is 79.9. The van der Waals surface area contributed by atoms with Gasteiger partial charge in [0.15, 0.2) is 0 Å². The first-order chi connectivity index (χ1) is 9.12. The zero-order valence-corrected chi connectivity index (χ0v) is 13.2. The summed E-state index contributed by atoms with van der Waals surface area (Å²) in [6.07, 6.45) is 2.11. The minimum atomic E-state index is -0.252. The molecule has 0 radical (unpaired) electrons. The first-order valence-electron chi connectivity index (χ1n) is 6.57. The molecule has 1 aliphatic heterocycles. The number of benzene rings is 2. The van der Waals surface area contributed by atoms with E-state index in [0.29, 0.717) is 0 Å². The van der Waals surface area contributed by atoms with E-state index in [2.05, 4.69) is 53.2 Å². The van der Waals surface area contributed by atoms with Gasteiger partial charge in [0.25, 0.3) is 0 Å². The van der Waals surface area contributed by atoms with Crippen LogP contribution in [0.5, 0.6) is 0 Å². The minimum Gasteiger partial charge on any atom is -0.373 e. The monoisotopic (exact) mass is 338 g/mol. The maximum absolute atomic E-state index is 6.74. The number of rotatable bonds is 2. The van der Waals surface area contributed by atoms with Gasteiger partial charge in [0.2, 0.25) is 0 Å². The fraction of sp³-hybridized carbons (Fsp3) is 0.375. The lowest BCUT2D eigenvalue weighted by molar-refractivity contribution is 0.0167. The van der Waals surface area contributed by atoms with E-state index in [0.717, 1.165) is 29.5 Å². The first kappa shape index (κ1) is 13.4. The fourth-order valence-electron chi connectivity index (χ4n) is 2.84. The molecule has 2 atom stereocenters. The van der Waals surface area contributed by atoms with Crippen LogP contribution in [0.3, 0.4) is 0 Å². The summed E-state index contributed by atoms with van der Waals surface area (Å²) >= 11 is 10.3. The van der Waals surface area contributed by atoms with Crippen LogP contribution in [0.4, 0.5) is 0 Å². The van der Waals surface area contributed by atoms with E-state index >= 15 is 0 Å². The van der Waals surface area contributed by atoms with Crippen LogP contribution in [0.15, 0.2) is 40.9 Å². The molecule has 3 heteroatoms. The Labute approximate surface area is 127 Å². The average Bonchev–Trinajstić information content (AvgIpc) is 2.87. The number of fused-ring (bicyclic) bond motifs is 1. The van der Waals surface area contributed by atoms with E-state index < -0.39 is 0 Å². The van der Waals surface area contributed by atoms with E-state index in [4.69, 9.17) is 16.3 Å². The predicted molar refractivity (Wildman–Crippen MR) is 83.8 cm³/mol. The van der Waals surface area contributed by atoms with Crippen LogP contribution in [0.2, 0.25) is 0 Å². The summed E-state index contributed by atoms with van der Waals surface area (Å²) in [5.41, 5.74) is 0.905. The summed E-state index contributed by atoms with van der Waals surface area (Å²) in [4.78, 5) is 0. The third kappa shape index (κ3) is 2.31. The molecule has 19 heavy (non-hydrogen) atoms. The van der Waals surface area contributed by atoms with Gasteiger partial charge >= 0.3 is 0 Å². The number of ether oxygens (including phenoxy) is 1. The summed E-state index contributed by atoms with van der Waals surface area (Å²) in [5, 5.41) is 2.29.